The number of likely N-dealkylation sites (tertiary alicyclic amines) is 2. The molecule has 5 rings (SSSR count). The van der Waals surface area contributed by atoms with E-state index < -0.39 is 0 Å². The standard InChI is InChI=1S/C23H27N5O2/c1-17-25-26-21(30-17)14-27-12-19-13-28(22(29)20-8-5-11-24-20)16-23(19,15-27)10-9-18-6-3-2-4-7-18/h2-8,11,19,24H,9-10,12-16H2,1H3/t19-,23+/m0/s1. The predicted molar refractivity (Wildman–Crippen MR) is 112 cm³/mol. The molecule has 30 heavy (non-hydrogen) atoms. The molecule has 2 fully saturated rings. The third kappa shape index (κ3) is 3.65. The Labute approximate surface area is 176 Å². The Balaban J connectivity index is 1.33. The number of hydrogen-bond acceptors (Lipinski definition) is 5. The van der Waals surface area contributed by atoms with E-state index in [0.29, 0.717) is 29.9 Å². The summed E-state index contributed by atoms with van der Waals surface area (Å²) in [6.45, 7) is 5.98. The molecule has 2 aliphatic rings. The maximum Gasteiger partial charge on any atom is 0.270 e. The molecule has 4 heterocycles. The molecule has 3 aromatic rings. The lowest BCUT2D eigenvalue weighted by Gasteiger charge is -2.29. The molecule has 7 heteroatoms. The van der Waals surface area contributed by atoms with Crippen LogP contribution in [0.5, 0.6) is 0 Å². The van der Waals surface area contributed by atoms with Crippen molar-refractivity contribution in [2.45, 2.75) is 26.3 Å². The largest absolute Gasteiger partial charge is 0.424 e. The van der Waals surface area contributed by atoms with Crippen LogP contribution in [0, 0.1) is 18.3 Å². The van der Waals surface area contributed by atoms with E-state index in [1.165, 1.54) is 5.56 Å². The number of rotatable bonds is 6. The summed E-state index contributed by atoms with van der Waals surface area (Å²) in [5.74, 6) is 1.83. The molecule has 0 saturated carbocycles. The van der Waals surface area contributed by atoms with Crippen LogP contribution >= 0.6 is 0 Å². The van der Waals surface area contributed by atoms with E-state index in [1.54, 1.807) is 0 Å². The van der Waals surface area contributed by atoms with E-state index in [2.05, 4.69) is 50.4 Å². The monoisotopic (exact) mass is 405 g/mol. The van der Waals surface area contributed by atoms with Gasteiger partial charge in [0, 0.05) is 44.7 Å². The summed E-state index contributed by atoms with van der Waals surface area (Å²) >= 11 is 0. The number of fused-ring (bicyclic) bond motifs is 1. The fourth-order valence-electron chi connectivity index (χ4n) is 5.19. The first-order chi connectivity index (χ1) is 14.6. The van der Waals surface area contributed by atoms with Crippen LogP contribution < -0.4 is 0 Å². The number of nitrogens with one attached hydrogen (secondary N) is 1. The first-order valence-corrected chi connectivity index (χ1v) is 10.6. The number of amides is 1. The lowest BCUT2D eigenvalue weighted by Crippen LogP contribution is -2.37. The number of carbonyl (C=O) groups excluding carboxylic acids is 1. The van der Waals surface area contributed by atoms with Crippen molar-refractivity contribution in [1.82, 2.24) is 25.0 Å². The van der Waals surface area contributed by atoms with Crippen molar-refractivity contribution < 1.29 is 9.21 Å². The second-order valence-corrected chi connectivity index (χ2v) is 8.70. The molecule has 2 aromatic heterocycles. The van der Waals surface area contributed by atoms with Gasteiger partial charge in [-0.15, -0.1) is 10.2 Å². The quantitative estimate of drug-likeness (QED) is 0.682. The topological polar surface area (TPSA) is 78.3 Å². The van der Waals surface area contributed by atoms with Crippen molar-refractivity contribution in [2.24, 2.45) is 11.3 Å². The van der Waals surface area contributed by atoms with E-state index in [9.17, 15) is 4.79 Å². The van der Waals surface area contributed by atoms with Crippen molar-refractivity contribution in [3.05, 3.63) is 71.7 Å². The summed E-state index contributed by atoms with van der Waals surface area (Å²) in [6, 6.07) is 14.4. The van der Waals surface area contributed by atoms with Gasteiger partial charge in [-0.1, -0.05) is 30.3 Å². The van der Waals surface area contributed by atoms with Gasteiger partial charge in [0.1, 0.15) is 5.69 Å². The summed E-state index contributed by atoms with van der Waals surface area (Å²) in [4.78, 5) is 20.5. The molecule has 0 bridgehead atoms. The van der Waals surface area contributed by atoms with Gasteiger partial charge in [0.2, 0.25) is 11.8 Å². The second-order valence-electron chi connectivity index (χ2n) is 8.70. The zero-order chi connectivity index (χ0) is 20.6. The van der Waals surface area contributed by atoms with Crippen LogP contribution in [0.2, 0.25) is 0 Å². The van der Waals surface area contributed by atoms with Gasteiger partial charge in [-0.2, -0.15) is 0 Å². The van der Waals surface area contributed by atoms with Gasteiger partial charge in [-0.05, 0) is 36.5 Å². The van der Waals surface area contributed by atoms with Gasteiger partial charge in [0.15, 0.2) is 0 Å². The normalized spacial score (nSPS) is 23.8. The number of hydrogen-bond donors (Lipinski definition) is 1. The van der Waals surface area contributed by atoms with Crippen LogP contribution in [-0.4, -0.2) is 57.1 Å². The molecule has 7 nitrogen and oxygen atoms in total. The zero-order valence-electron chi connectivity index (χ0n) is 17.3. The third-order valence-corrected chi connectivity index (χ3v) is 6.63. The Morgan fingerprint density at radius 2 is 2.03 bits per heavy atom. The Morgan fingerprint density at radius 3 is 2.77 bits per heavy atom. The molecule has 0 spiro atoms. The smallest absolute Gasteiger partial charge is 0.270 e. The van der Waals surface area contributed by atoms with Crippen LogP contribution in [0.3, 0.4) is 0 Å². The average molecular weight is 406 g/mol. The van der Waals surface area contributed by atoms with Crippen molar-refractivity contribution in [2.75, 3.05) is 26.2 Å². The molecule has 156 valence electrons. The van der Waals surface area contributed by atoms with E-state index in [-0.39, 0.29) is 11.3 Å². The number of carbonyl (C=O) groups is 1. The lowest BCUT2D eigenvalue weighted by atomic mass is 9.76. The minimum atomic E-state index is 0.0904. The van der Waals surface area contributed by atoms with Gasteiger partial charge in [0.25, 0.3) is 5.91 Å². The highest BCUT2D eigenvalue weighted by molar-refractivity contribution is 5.92. The minimum Gasteiger partial charge on any atom is -0.424 e. The van der Waals surface area contributed by atoms with Crippen LogP contribution in [0.1, 0.15) is 34.3 Å². The fourth-order valence-corrected chi connectivity index (χ4v) is 5.19. The molecular weight excluding hydrogens is 378 g/mol. The molecule has 0 aliphatic carbocycles. The van der Waals surface area contributed by atoms with Gasteiger partial charge in [-0.25, -0.2) is 0 Å². The highest BCUT2D eigenvalue weighted by Gasteiger charge is 2.53. The number of aryl methyl sites for hydroxylation is 2. The number of H-pyrrole nitrogens is 1. The van der Waals surface area contributed by atoms with Gasteiger partial charge < -0.3 is 14.3 Å². The summed E-state index contributed by atoms with van der Waals surface area (Å²) in [5, 5.41) is 8.13. The van der Waals surface area contributed by atoms with Gasteiger partial charge >= 0.3 is 0 Å². The number of aromatic amines is 1. The molecular formula is C23H27N5O2. The summed E-state index contributed by atoms with van der Waals surface area (Å²) in [5.41, 5.74) is 2.12. The predicted octanol–water partition coefficient (Wildman–Crippen LogP) is 2.91. The third-order valence-electron chi connectivity index (χ3n) is 6.63. The first-order valence-electron chi connectivity index (χ1n) is 10.6. The van der Waals surface area contributed by atoms with Crippen molar-refractivity contribution >= 4 is 5.91 Å². The zero-order valence-corrected chi connectivity index (χ0v) is 17.3. The molecule has 2 aliphatic heterocycles. The molecule has 2 saturated heterocycles. The minimum absolute atomic E-state index is 0.0904. The van der Waals surface area contributed by atoms with Crippen molar-refractivity contribution in [3.8, 4) is 0 Å². The number of aromatic nitrogens is 3. The Morgan fingerprint density at radius 1 is 1.17 bits per heavy atom. The van der Waals surface area contributed by atoms with E-state index in [0.717, 1.165) is 39.0 Å². The summed E-state index contributed by atoms with van der Waals surface area (Å²) < 4.78 is 5.61. The van der Waals surface area contributed by atoms with Gasteiger partial charge in [0.05, 0.1) is 6.54 Å². The van der Waals surface area contributed by atoms with E-state index in [1.807, 2.05) is 30.2 Å². The first kappa shape index (κ1) is 19.1. The van der Waals surface area contributed by atoms with E-state index in [4.69, 9.17) is 4.42 Å². The van der Waals surface area contributed by atoms with Crippen LogP contribution in [0.25, 0.3) is 0 Å². The molecule has 1 N–H and O–H groups in total. The van der Waals surface area contributed by atoms with Crippen LogP contribution in [-0.2, 0) is 13.0 Å². The fraction of sp³-hybridized carbons (Fsp3) is 0.435. The summed E-state index contributed by atoms with van der Waals surface area (Å²) in [7, 11) is 0. The van der Waals surface area contributed by atoms with Crippen molar-refractivity contribution in [3.63, 3.8) is 0 Å². The Kier molecular flexibility index (Phi) is 4.90. The molecule has 1 amide bonds. The van der Waals surface area contributed by atoms with Crippen LogP contribution in [0.15, 0.2) is 53.1 Å². The summed E-state index contributed by atoms with van der Waals surface area (Å²) in [6.07, 6.45) is 3.90. The number of benzene rings is 1. The van der Waals surface area contributed by atoms with Gasteiger partial charge in [-0.3, -0.25) is 9.69 Å². The number of nitrogens with zero attached hydrogens (tertiary/aromatic N) is 4. The highest BCUT2D eigenvalue weighted by Crippen LogP contribution is 2.46. The Hall–Kier alpha value is -2.93. The van der Waals surface area contributed by atoms with Crippen molar-refractivity contribution in [1.29, 1.82) is 0 Å². The molecule has 2 atom stereocenters. The highest BCUT2D eigenvalue weighted by atomic mass is 16.4. The lowest BCUT2D eigenvalue weighted by molar-refractivity contribution is 0.0748. The SMILES string of the molecule is Cc1nnc(CN2C[C@H]3CN(C(=O)c4ccc[nH]4)C[C@@]3(CCc3ccccc3)C2)o1. The van der Waals surface area contributed by atoms with Crippen LogP contribution in [0.4, 0.5) is 0 Å². The maximum atomic E-state index is 13.0. The average Bonchev–Trinajstić information content (AvgIpc) is 3.51. The maximum absolute atomic E-state index is 13.0. The second kappa shape index (κ2) is 7.72. The molecule has 1 aromatic carbocycles. The van der Waals surface area contributed by atoms with E-state index >= 15 is 0 Å². The Bertz CT molecular complexity index is 1000. The molecule has 0 unspecified atom stereocenters. The molecule has 0 radical (unpaired) electrons.